The Morgan fingerprint density at radius 1 is 1.11 bits per heavy atom. The predicted octanol–water partition coefficient (Wildman–Crippen LogP) is 6.12. The van der Waals surface area contributed by atoms with Crippen molar-refractivity contribution >= 4 is 51.6 Å². The van der Waals surface area contributed by atoms with Crippen LogP contribution in [0, 0.1) is 5.82 Å². The molecule has 4 aromatic rings. The molecule has 2 N–H and O–H groups in total. The number of anilines is 1. The van der Waals surface area contributed by atoms with Crippen LogP contribution in [0.5, 0.6) is 0 Å². The van der Waals surface area contributed by atoms with E-state index in [-0.39, 0.29) is 16.4 Å². The molecule has 1 aromatic heterocycles. The fourth-order valence-electron chi connectivity index (χ4n) is 4.30. The van der Waals surface area contributed by atoms with Gasteiger partial charge in [-0.1, -0.05) is 23.2 Å². The number of alkyl halides is 3. The monoisotopic (exact) mass is 536 g/mol. The molecule has 0 radical (unpaired) electrons. The Morgan fingerprint density at radius 3 is 2.58 bits per heavy atom. The molecule has 2 heterocycles. The number of aromatic nitrogens is 2. The molecular formula is C24H14Cl2F4N4O2. The Balaban J connectivity index is 1.67. The van der Waals surface area contributed by atoms with E-state index >= 15 is 0 Å². The number of nitrogens with zero attached hydrogens (tertiary/aromatic N) is 2. The van der Waals surface area contributed by atoms with Crippen LogP contribution in [-0.2, 0) is 13.2 Å². The number of hydrogen-bond acceptors (Lipinski definition) is 3. The molecule has 12 heteroatoms. The van der Waals surface area contributed by atoms with Gasteiger partial charge in [0.2, 0.25) is 0 Å². The van der Waals surface area contributed by atoms with Crippen molar-refractivity contribution in [3.8, 4) is 0 Å². The maximum absolute atomic E-state index is 13.9. The first-order valence-corrected chi connectivity index (χ1v) is 11.1. The average molecular weight is 537 g/mol. The van der Waals surface area contributed by atoms with Crippen molar-refractivity contribution in [2.24, 2.45) is 7.05 Å². The second-order valence-corrected chi connectivity index (χ2v) is 8.99. The van der Waals surface area contributed by atoms with Crippen molar-refractivity contribution in [3.05, 3.63) is 92.3 Å². The Bertz CT molecular complexity index is 1580. The number of amides is 2. The zero-order chi connectivity index (χ0) is 25.9. The lowest BCUT2D eigenvalue weighted by Crippen LogP contribution is -2.35. The van der Waals surface area contributed by atoms with Crippen molar-refractivity contribution in [3.63, 3.8) is 0 Å². The molecule has 1 aliphatic rings. The van der Waals surface area contributed by atoms with E-state index in [0.717, 1.165) is 0 Å². The maximum atomic E-state index is 13.9. The quantitative estimate of drug-likeness (QED) is 0.309. The van der Waals surface area contributed by atoms with Gasteiger partial charge in [0.1, 0.15) is 11.5 Å². The molecule has 6 nitrogen and oxygen atoms in total. The number of hydrogen-bond donors (Lipinski definition) is 2. The highest BCUT2D eigenvalue weighted by molar-refractivity contribution is 6.33. The second-order valence-electron chi connectivity index (χ2n) is 8.15. The number of rotatable bonds is 3. The Labute approximate surface area is 210 Å². The molecule has 1 atom stereocenters. The largest absolute Gasteiger partial charge is 0.416 e. The number of aryl methyl sites for hydroxylation is 1. The van der Waals surface area contributed by atoms with Gasteiger partial charge in [-0.05, 0) is 54.1 Å². The molecule has 2 amide bonds. The summed E-state index contributed by atoms with van der Waals surface area (Å²) in [5.74, 6) is -2.64. The standard InChI is InChI=1S/C24H14Cl2F4N4O2/c1-34-21-19-17(33-34)5-4-16(31-22(35)10-6-11(24(28,29)30)8-13(27)7-10)18(19)20(32-23(21)36)14-9-12(25)2-3-15(14)26/h2-9,20H,1H3,(H,31,35)(H,32,36). The van der Waals surface area contributed by atoms with E-state index in [1.54, 1.807) is 31.3 Å². The van der Waals surface area contributed by atoms with Gasteiger partial charge in [-0.2, -0.15) is 18.3 Å². The van der Waals surface area contributed by atoms with Crippen LogP contribution in [0.15, 0.2) is 48.5 Å². The summed E-state index contributed by atoms with van der Waals surface area (Å²) in [6, 6.07) is 8.43. The third-order valence-corrected chi connectivity index (χ3v) is 6.40. The Kier molecular flexibility index (Phi) is 5.68. The molecule has 184 valence electrons. The van der Waals surface area contributed by atoms with E-state index in [0.29, 0.717) is 45.3 Å². The predicted molar refractivity (Wildman–Crippen MR) is 126 cm³/mol. The molecule has 0 spiro atoms. The zero-order valence-corrected chi connectivity index (χ0v) is 19.7. The molecule has 0 aliphatic carbocycles. The minimum atomic E-state index is -4.84. The molecule has 36 heavy (non-hydrogen) atoms. The topological polar surface area (TPSA) is 76.0 Å². The van der Waals surface area contributed by atoms with Crippen LogP contribution >= 0.6 is 23.2 Å². The van der Waals surface area contributed by atoms with E-state index in [2.05, 4.69) is 15.7 Å². The summed E-state index contributed by atoms with van der Waals surface area (Å²) in [4.78, 5) is 26.0. The van der Waals surface area contributed by atoms with Gasteiger partial charge in [-0.15, -0.1) is 0 Å². The molecule has 1 aliphatic heterocycles. The first-order chi connectivity index (χ1) is 16.9. The summed E-state index contributed by atoms with van der Waals surface area (Å²) in [6.07, 6.45) is -4.84. The molecule has 5 rings (SSSR count). The highest BCUT2D eigenvalue weighted by atomic mass is 35.5. The summed E-state index contributed by atoms with van der Waals surface area (Å²) in [5.41, 5.74) is -0.159. The van der Waals surface area contributed by atoms with Crippen LogP contribution in [0.3, 0.4) is 0 Å². The Morgan fingerprint density at radius 2 is 1.86 bits per heavy atom. The summed E-state index contributed by atoms with van der Waals surface area (Å²) < 4.78 is 54.8. The van der Waals surface area contributed by atoms with E-state index in [1.165, 1.54) is 10.7 Å². The average Bonchev–Trinajstić information content (AvgIpc) is 3.14. The number of carbonyl (C=O) groups excluding carboxylic acids is 2. The summed E-state index contributed by atoms with van der Waals surface area (Å²) in [6.45, 7) is 0. The lowest BCUT2D eigenvalue weighted by atomic mass is 9.89. The van der Waals surface area contributed by atoms with Crippen molar-refractivity contribution < 1.29 is 27.2 Å². The van der Waals surface area contributed by atoms with Gasteiger partial charge in [0, 0.05) is 39.3 Å². The van der Waals surface area contributed by atoms with Gasteiger partial charge in [-0.25, -0.2) is 4.39 Å². The SMILES string of the molecule is Cn1nc2ccc(NC(=O)c3cc(F)cc(C(F)(F)F)c3)c3c2c1C(=O)NC3c1cc(Cl)ccc1Cl. The first kappa shape index (κ1) is 24.1. The smallest absolute Gasteiger partial charge is 0.340 e. The molecule has 1 unspecified atom stereocenters. The highest BCUT2D eigenvalue weighted by Crippen LogP contribution is 2.42. The molecule has 0 saturated carbocycles. The third kappa shape index (κ3) is 4.06. The van der Waals surface area contributed by atoms with Crippen LogP contribution < -0.4 is 10.6 Å². The summed E-state index contributed by atoms with van der Waals surface area (Å²) >= 11 is 12.6. The fraction of sp³-hybridized carbons (Fsp3) is 0.125. The normalized spacial score (nSPS) is 15.2. The lowest BCUT2D eigenvalue weighted by Gasteiger charge is -2.28. The van der Waals surface area contributed by atoms with E-state index in [1.807, 2.05) is 0 Å². The molecule has 0 saturated heterocycles. The molecule has 3 aromatic carbocycles. The van der Waals surface area contributed by atoms with Crippen molar-refractivity contribution in [2.75, 3.05) is 5.32 Å². The maximum Gasteiger partial charge on any atom is 0.416 e. The van der Waals surface area contributed by atoms with Gasteiger partial charge in [-0.3, -0.25) is 14.3 Å². The minimum Gasteiger partial charge on any atom is -0.340 e. The molecule has 0 bridgehead atoms. The van der Waals surface area contributed by atoms with Crippen molar-refractivity contribution in [2.45, 2.75) is 12.2 Å². The number of halogens is 6. The van der Waals surface area contributed by atoms with Crippen molar-refractivity contribution in [1.29, 1.82) is 0 Å². The first-order valence-electron chi connectivity index (χ1n) is 10.4. The van der Waals surface area contributed by atoms with Crippen LogP contribution in [0.4, 0.5) is 23.2 Å². The van der Waals surface area contributed by atoms with E-state index in [4.69, 9.17) is 23.2 Å². The van der Waals surface area contributed by atoms with Gasteiger partial charge in [0.05, 0.1) is 17.1 Å². The van der Waals surface area contributed by atoms with E-state index < -0.39 is 41.0 Å². The number of carbonyl (C=O) groups is 2. The molecular weight excluding hydrogens is 523 g/mol. The van der Waals surface area contributed by atoms with Crippen LogP contribution in [0.1, 0.15) is 43.6 Å². The van der Waals surface area contributed by atoms with Gasteiger partial charge in [0.25, 0.3) is 11.8 Å². The van der Waals surface area contributed by atoms with Gasteiger partial charge in [0.15, 0.2) is 0 Å². The summed E-state index contributed by atoms with van der Waals surface area (Å²) in [5, 5.41) is 10.8. The van der Waals surface area contributed by atoms with Gasteiger partial charge < -0.3 is 10.6 Å². The third-order valence-electron chi connectivity index (χ3n) is 5.83. The molecule has 0 fully saturated rings. The van der Waals surface area contributed by atoms with Crippen LogP contribution in [-0.4, -0.2) is 21.6 Å². The van der Waals surface area contributed by atoms with Crippen LogP contribution in [0.25, 0.3) is 10.9 Å². The summed E-state index contributed by atoms with van der Waals surface area (Å²) in [7, 11) is 1.58. The number of nitrogens with one attached hydrogen (secondary N) is 2. The number of benzene rings is 3. The van der Waals surface area contributed by atoms with Crippen molar-refractivity contribution in [1.82, 2.24) is 15.1 Å². The highest BCUT2D eigenvalue weighted by Gasteiger charge is 2.35. The van der Waals surface area contributed by atoms with Gasteiger partial charge >= 0.3 is 6.18 Å². The lowest BCUT2D eigenvalue weighted by molar-refractivity contribution is -0.137. The second kappa shape index (κ2) is 8.49. The zero-order valence-electron chi connectivity index (χ0n) is 18.2. The Hall–Kier alpha value is -3.63. The van der Waals surface area contributed by atoms with E-state index in [9.17, 15) is 27.2 Å². The minimum absolute atomic E-state index is 0.167. The van der Waals surface area contributed by atoms with Crippen LogP contribution in [0.2, 0.25) is 10.0 Å². The fourth-order valence-corrected chi connectivity index (χ4v) is 4.71.